The summed E-state index contributed by atoms with van der Waals surface area (Å²) in [4.78, 5) is 13.7. The lowest BCUT2D eigenvalue weighted by molar-refractivity contribution is -0.394. The zero-order chi connectivity index (χ0) is 13.1. The Hall–Kier alpha value is -0.630. The molecule has 0 saturated carbocycles. The maximum Gasteiger partial charge on any atom is 0.492 e. The van der Waals surface area contributed by atoms with Crippen LogP contribution in [0.25, 0.3) is 0 Å². The summed E-state index contributed by atoms with van der Waals surface area (Å²) < 4.78 is 1.92. The number of nitro groups is 1. The van der Waals surface area contributed by atoms with Crippen LogP contribution in [-0.2, 0) is 6.54 Å². The van der Waals surface area contributed by atoms with E-state index in [-0.39, 0.29) is 11.4 Å². The van der Waals surface area contributed by atoms with Gasteiger partial charge in [-0.1, -0.05) is 13.8 Å². The Bertz CT molecular complexity index is 397. The molecule has 0 aromatic carbocycles. The van der Waals surface area contributed by atoms with Crippen LogP contribution >= 0.6 is 28.6 Å². The van der Waals surface area contributed by atoms with Crippen LogP contribution in [0.5, 0.6) is 0 Å². The Labute approximate surface area is 113 Å². The third-order valence-electron chi connectivity index (χ3n) is 3.10. The van der Waals surface area contributed by atoms with Crippen molar-refractivity contribution in [2.45, 2.75) is 33.2 Å². The molecule has 0 saturated heterocycles. The number of nitrogens with zero attached hydrogens (tertiary/aromatic N) is 4. The van der Waals surface area contributed by atoms with Crippen LogP contribution in [0, 0.1) is 15.5 Å². The predicted molar refractivity (Wildman–Crippen MR) is 71.2 cm³/mol. The van der Waals surface area contributed by atoms with E-state index in [0.717, 1.165) is 12.8 Å². The van der Waals surface area contributed by atoms with E-state index < -0.39 is 4.92 Å². The van der Waals surface area contributed by atoms with Crippen molar-refractivity contribution in [1.82, 2.24) is 14.8 Å². The van der Waals surface area contributed by atoms with E-state index in [1.807, 2.05) is 0 Å². The molecule has 0 aliphatic heterocycles. The maximum atomic E-state index is 10.6. The average Bonchev–Trinajstić information content (AvgIpc) is 2.68. The summed E-state index contributed by atoms with van der Waals surface area (Å²) in [6.45, 7) is 4.74. The fourth-order valence-electron chi connectivity index (χ4n) is 1.55. The molecule has 8 heteroatoms. The molecule has 1 heterocycles. The van der Waals surface area contributed by atoms with E-state index in [1.54, 1.807) is 0 Å². The third kappa shape index (κ3) is 3.19. The van der Waals surface area contributed by atoms with Gasteiger partial charge in [0.15, 0.2) is 0 Å². The average molecular weight is 323 g/mol. The molecule has 0 aliphatic carbocycles. The van der Waals surface area contributed by atoms with Crippen molar-refractivity contribution < 1.29 is 4.92 Å². The van der Waals surface area contributed by atoms with Crippen molar-refractivity contribution in [3.63, 3.8) is 0 Å². The third-order valence-corrected chi connectivity index (χ3v) is 4.36. The summed E-state index contributed by atoms with van der Waals surface area (Å²) in [6.07, 6.45) is 1.88. The fourth-order valence-corrected chi connectivity index (χ4v) is 2.47. The lowest BCUT2D eigenvalue weighted by Crippen LogP contribution is -2.28. The van der Waals surface area contributed by atoms with Crippen molar-refractivity contribution in [3.05, 3.63) is 14.8 Å². The number of hydrogen-bond acceptors (Lipinski definition) is 5. The SMILES string of the molecule is CCC(CC)(CS)Cn1nc([N+](=O)[O-])nc1Br. The zero-order valence-corrected chi connectivity index (χ0v) is 12.2. The molecule has 0 unspecified atom stereocenters. The molecule has 17 heavy (non-hydrogen) atoms. The van der Waals surface area contributed by atoms with Gasteiger partial charge in [0.25, 0.3) is 4.73 Å². The van der Waals surface area contributed by atoms with Crippen LogP contribution in [0.15, 0.2) is 4.73 Å². The van der Waals surface area contributed by atoms with Crippen molar-refractivity contribution in [2.75, 3.05) is 5.75 Å². The standard InChI is InChI=1S/C9H15BrN4O2S/c1-3-9(4-2,6-17)5-13-7(10)11-8(12-13)14(15)16/h17H,3-6H2,1-2H3. The predicted octanol–water partition coefficient (Wildman–Crippen LogP) is 2.69. The van der Waals surface area contributed by atoms with Crippen molar-refractivity contribution in [1.29, 1.82) is 0 Å². The molecule has 0 atom stereocenters. The molecule has 96 valence electrons. The number of rotatable bonds is 6. The summed E-state index contributed by atoms with van der Waals surface area (Å²) in [5, 5.41) is 14.4. The van der Waals surface area contributed by atoms with Gasteiger partial charge in [-0.2, -0.15) is 17.3 Å². The van der Waals surface area contributed by atoms with E-state index in [9.17, 15) is 10.1 Å². The smallest absolute Gasteiger partial charge is 0.390 e. The van der Waals surface area contributed by atoms with E-state index in [2.05, 4.69) is 52.5 Å². The van der Waals surface area contributed by atoms with Gasteiger partial charge in [-0.25, -0.2) is 0 Å². The number of thiol groups is 1. The first kappa shape index (κ1) is 14.4. The Morgan fingerprint density at radius 1 is 1.53 bits per heavy atom. The fraction of sp³-hybridized carbons (Fsp3) is 0.778. The second kappa shape index (κ2) is 5.81. The largest absolute Gasteiger partial charge is 0.492 e. The van der Waals surface area contributed by atoms with Gasteiger partial charge < -0.3 is 10.1 Å². The molecule has 0 N–H and O–H groups in total. The number of aromatic nitrogens is 3. The highest BCUT2D eigenvalue weighted by atomic mass is 79.9. The lowest BCUT2D eigenvalue weighted by Gasteiger charge is -2.28. The molecule has 6 nitrogen and oxygen atoms in total. The second-order valence-corrected chi connectivity index (χ2v) is 4.99. The number of halogens is 1. The van der Waals surface area contributed by atoms with Gasteiger partial charge >= 0.3 is 5.95 Å². The van der Waals surface area contributed by atoms with Gasteiger partial charge in [-0.15, -0.1) is 0 Å². The van der Waals surface area contributed by atoms with Crippen LogP contribution in [0.1, 0.15) is 26.7 Å². The highest BCUT2D eigenvalue weighted by Crippen LogP contribution is 2.31. The minimum atomic E-state index is -0.596. The Balaban J connectivity index is 2.97. The zero-order valence-electron chi connectivity index (χ0n) is 9.76. The van der Waals surface area contributed by atoms with E-state index >= 15 is 0 Å². The first-order valence-corrected chi connectivity index (χ1v) is 6.76. The van der Waals surface area contributed by atoms with E-state index in [4.69, 9.17) is 0 Å². The van der Waals surface area contributed by atoms with Crippen molar-refractivity contribution in [2.24, 2.45) is 5.41 Å². The molecule has 0 radical (unpaired) electrons. The first-order chi connectivity index (χ1) is 7.98. The molecule has 1 rings (SSSR count). The summed E-state index contributed by atoms with van der Waals surface area (Å²) in [5.41, 5.74) is -0.00675. The minimum Gasteiger partial charge on any atom is -0.390 e. The molecule has 0 bridgehead atoms. The first-order valence-electron chi connectivity index (χ1n) is 5.33. The van der Waals surface area contributed by atoms with Crippen LogP contribution in [-0.4, -0.2) is 25.4 Å². The summed E-state index contributed by atoms with van der Waals surface area (Å²) >= 11 is 7.55. The molecule has 1 aromatic heterocycles. The summed E-state index contributed by atoms with van der Waals surface area (Å²) in [5.74, 6) is 0.331. The quantitative estimate of drug-likeness (QED) is 0.496. The molecule has 0 spiro atoms. The van der Waals surface area contributed by atoms with Gasteiger partial charge in [0.1, 0.15) is 0 Å². The second-order valence-electron chi connectivity index (χ2n) is 3.96. The van der Waals surface area contributed by atoms with E-state index in [1.165, 1.54) is 4.68 Å². The van der Waals surface area contributed by atoms with E-state index in [0.29, 0.717) is 17.0 Å². The van der Waals surface area contributed by atoms with Crippen molar-refractivity contribution in [3.8, 4) is 0 Å². The van der Waals surface area contributed by atoms with Crippen LogP contribution < -0.4 is 0 Å². The Kier molecular flexibility index (Phi) is 4.93. The van der Waals surface area contributed by atoms with Gasteiger partial charge in [-0.05, 0) is 33.9 Å². The van der Waals surface area contributed by atoms with Gasteiger partial charge in [0.2, 0.25) is 0 Å². The minimum absolute atomic E-state index is 0.00675. The normalized spacial score (nSPS) is 11.8. The van der Waals surface area contributed by atoms with Crippen LogP contribution in [0.4, 0.5) is 5.95 Å². The number of hydrogen-bond donors (Lipinski definition) is 1. The molecule has 1 aromatic rings. The lowest BCUT2D eigenvalue weighted by atomic mass is 9.84. The summed E-state index contributed by atoms with van der Waals surface area (Å²) in [6, 6.07) is 0. The topological polar surface area (TPSA) is 73.8 Å². The Morgan fingerprint density at radius 2 is 2.12 bits per heavy atom. The Morgan fingerprint density at radius 3 is 2.47 bits per heavy atom. The van der Waals surface area contributed by atoms with Gasteiger partial charge in [0.05, 0.1) is 6.54 Å². The van der Waals surface area contributed by atoms with Gasteiger partial charge in [0, 0.05) is 21.0 Å². The van der Waals surface area contributed by atoms with Crippen LogP contribution in [0.2, 0.25) is 0 Å². The molecular formula is C9H15BrN4O2S. The van der Waals surface area contributed by atoms with Crippen molar-refractivity contribution >= 4 is 34.5 Å². The highest BCUT2D eigenvalue weighted by molar-refractivity contribution is 9.10. The molecule has 0 aliphatic rings. The molecule has 0 fully saturated rings. The van der Waals surface area contributed by atoms with Crippen LogP contribution in [0.3, 0.4) is 0 Å². The monoisotopic (exact) mass is 322 g/mol. The summed E-state index contributed by atoms with van der Waals surface area (Å²) in [7, 11) is 0. The molecular weight excluding hydrogens is 308 g/mol. The molecule has 0 amide bonds. The van der Waals surface area contributed by atoms with Gasteiger partial charge in [-0.3, -0.25) is 0 Å². The maximum absolute atomic E-state index is 10.6. The highest BCUT2D eigenvalue weighted by Gasteiger charge is 2.30.